The molecule has 4 heteroatoms. The number of benzene rings is 2. The van der Waals surface area contributed by atoms with Gasteiger partial charge >= 0.3 is 11.9 Å². The molecule has 0 saturated carbocycles. The number of esters is 2. The van der Waals surface area contributed by atoms with Crippen LogP contribution in [0.3, 0.4) is 0 Å². The zero-order valence-corrected chi connectivity index (χ0v) is 13.1. The van der Waals surface area contributed by atoms with Crippen LogP contribution in [-0.2, 0) is 9.59 Å². The SMILES string of the molecule is CC(C)C=C(C(=O)Oc1ccccc1)C(=O)Oc1ccccc1. The van der Waals surface area contributed by atoms with Crippen molar-refractivity contribution in [3.05, 3.63) is 72.3 Å². The van der Waals surface area contributed by atoms with Crippen molar-refractivity contribution in [2.24, 2.45) is 5.92 Å². The summed E-state index contributed by atoms with van der Waals surface area (Å²) in [6, 6.07) is 17.2. The van der Waals surface area contributed by atoms with Gasteiger partial charge in [-0.1, -0.05) is 56.3 Å². The molecule has 0 aliphatic carbocycles. The predicted octanol–water partition coefficient (Wildman–Crippen LogP) is 3.78. The van der Waals surface area contributed by atoms with Crippen LogP contribution in [0.4, 0.5) is 0 Å². The maximum absolute atomic E-state index is 12.3. The molecule has 0 N–H and O–H groups in total. The first-order valence-corrected chi connectivity index (χ1v) is 7.32. The van der Waals surface area contributed by atoms with E-state index < -0.39 is 11.9 Å². The van der Waals surface area contributed by atoms with E-state index in [2.05, 4.69) is 0 Å². The number of carbonyl (C=O) groups excluding carboxylic acids is 2. The molecular formula is C19H18O4. The molecule has 2 aromatic rings. The van der Waals surface area contributed by atoms with Gasteiger partial charge in [0.1, 0.15) is 17.1 Å². The van der Waals surface area contributed by atoms with Gasteiger partial charge in [-0.2, -0.15) is 0 Å². The average Bonchev–Trinajstić information content (AvgIpc) is 2.54. The van der Waals surface area contributed by atoms with Crippen LogP contribution in [0.25, 0.3) is 0 Å². The lowest BCUT2D eigenvalue weighted by atomic mass is 10.1. The lowest BCUT2D eigenvalue weighted by molar-refractivity contribution is -0.137. The fraction of sp³-hybridized carbons (Fsp3) is 0.158. The average molecular weight is 310 g/mol. The summed E-state index contributed by atoms with van der Waals surface area (Å²) in [5.74, 6) is -0.715. The fourth-order valence-corrected chi connectivity index (χ4v) is 1.85. The molecule has 0 atom stereocenters. The van der Waals surface area contributed by atoms with Gasteiger partial charge in [-0.15, -0.1) is 0 Å². The van der Waals surface area contributed by atoms with E-state index in [1.807, 2.05) is 26.0 Å². The van der Waals surface area contributed by atoms with Gasteiger partial charge in [-0.3, -0.25) is 0 Å². The molecule has 0 heterocycles. The highest BCUT2D eigenvalue weighted by Gasteiger charge is 2.23. The second-order valence-corrected chi connectivity index (χ2v) is 5.23. The molecular weight excluding hydrogens is 292 g/mol. The van der Waals surface area contributed by atoms with E-state index >= 15 is 0 Å². The van der Waals surface area contributed by atoms with Gasteiger partial charge in [0, 0.05) is 0 Å². The van der Waals surface area contributed by atoms with Gasteiger partial charge in [0.05, 0.1) is 0 Å². The van der Waals surface area contributed by atoms with Crippen molar-refractivity contribution in [1.82, 2.24) is 0 Å². The molecule has 0 aliphatic heterocycles. The molecule has 0 bridgehead atoms. The summed E-state index contributed by atoms with van der Waals surface area (Å²) in [4.78, 5) is 24.6. The Bertz CT molecular complexity index is 632. The molecule has 0 amide bonds. The summed E-state index contributed by atoms with van der Waals surface area (Å²) in [5, 5.41) is 0. The van der Waals surface area contributed by atoms with Crippen molar-refractivity contribution in [3.8, 4) is 11.5 Å². The summed E-state index contributed by atoms with van der Waals surface area (Å²) in [7, 11) is 0. The van der Waals surface area contributed by atoms with E-state index in [-0.39, 0.29) is 11.5 Å². The predicted molar refractivity (Wildman–Crippen MR) is 87.1 cm³/mol. The molecule has 0 aliphatic rings. The second kappa shape index (κ2) is 7.94. The number of carbonyl (C=O) groups is 2. The molecule has 0 spiro atoms. The van der Waals surface area contributed by atoms with Gasteiger partial charge in [-0.05, 0) is 30.2 Å². The Labute approximate surface area is 135 Å². The number of rotatable bonds is 5. The van der Waals surface area contributed by atoms with Gasteiger partial charge in [-0.25, -0.2) is 9.59 Å². The van der Waals surface area contributed by atoms with Crippen molar-refractivity contribution >= 4 is 11.9 Å². The largest absolute Gasteiger partial charge is 0.423 e. The van der Waals surface area contributed by atoms with E-state index in [1.54, 1.807) is 48.5 Å². The number of ether oxygens (including phenoxy) is 2. The Kier molecular flexibility index (Phi) is 5.69. The first-order chi connectivity index (χ1) is 11.1. The Hall–Kier alpha value is -2.88. The Balaban J connectivity index is 2.16. The molecule has 4 nitrogen and oxygen atoms in total. The molecule has 23 heavy (non-hydrogen) atoms. The van der Waals surface area contributed by atoms with Crippen LogP contribution in [0.2, 0.25) is 0 Å². The monoisotopic (exact) mass is 310 g/mol. The summed E-state index contributed by atoms with van der Waals surface area (Å²) in [6.07, 6.45) is 1.54. The molecule has 0 saturated heterocycles. The topological polar surface area (TPSA) is 52.6 Å². The minimum atomic E-state index is -0.731. The maximum Gasteiger partial charge on any atom is 0.350 e. The number of hydrogen-bond acceptors (Lipinski definition) is 4. The summed E-state index contributed by atoms with van der Waals surface area (Å²) >= 11 is 0. The first-order valence-electron chi connectivity index (χ1n) is 7.32. The van der Waals surface area contributed by atoms with Crippen molar-refractivity contribution in [3.63, 3.8) is 0 Å². The Morgan fingerprint density at radius 2 is 1.17 bits per heavy atom. The van der Waals surface area contributed by atoms with Crippen LogP contribution in [0.1, 0.15) is 13.8 Å². The molecule has 0 aromatic heterocycles. The minimum Gasteiger partial charge on any atom is -0.423 e. The zero-order valence-electron chi connectivity index (χ0n) is 13.1. The third-order valence-corrected chi connectivity index (χ3v) is 2.85. The Morgan fingerprint density at radius 1 is 0.783 bits per heavy atom. The summed E-state index contributed by atoms with van der Waals surface area (Å²) < 4.78 is 10.5. The van der Waals surface area contributed by atoms with Crippen LogP contribution in [0, 0.1) is 5.92 Å². The highest BCUT2D eigenvalue weighted by Crippen LogP contribution is 2.16. The second-order valence-electron chi connectivity index (χ2n) is 5.23. The van der Waals surface area contributed by atoms with E-state index in [4.69, 9.17) is 9.47 Å². The smallest absolute Gasteiger partial charge is 0.350 e. The summed E-state index contributed by atoms with van der Waals surface area (Å²) in [6.45, 7) is 3.73. The van der Waals surface area contributed by atoms with Crippen molar-refractivity contribution in [1.29, 1.82) is 0 Å². The van der Waals surface area contributed by atoms with Crippen LogP contribution in [-0.4, -0.2) is 11.9 Å². The number of allylic oxidation sites excluding steroid dienone is 1. The van der Waals surface area contributed by atoms with Gasteiger partial charge in [0.25, 0.3) is 0 Å². The van der Waals surface area contributed by atoms with E-state index in [9.17, 15) is 9.59 Å². The van der Waals surface area contributed by atoms with Crippen molar-refractivity contribution in [2.45, 2.75) is 13.8 Å². The van der Waals surface area contributed by atoms with Gasteiger partial charge in [0.2, 0.25) is 0 Å². The first kappa shape index (κ1) is 16.5. The van der Waals surface area contributed by atoms with Crippen molar-refractivity contribution < 1.29 is 19.1 Å². The number of hydrogen-bond donors (Lipinski definition) is 0. The van der Waals surface area contributed by atoms with Crippen LogP contribution < -0.4 is 9.47 Å². The molecule has 2 aromatic carbocycles. The zero-order chi connectivity index (χ0) is 16.7. The van der Waals surface area contributed by atoms with Gasteiger partial charge < -0.3 is 9.47 Å². The van der Waals surface area contributed by atoms with Crippen LogP contribution >= 0.6 is 0 Å². The fourth-order valence-electron chi connectivity index (χ4n) is 1.85. The molecule has 0 fully saturated rings. The van der Waals surface area contributed by atoms with E-state index in [0.717, 1.165) is 0 Å². The molecule has 0 unspecified atom stereocenters. The third kappa shape index (κ3) is 5.11. The lowest BCUT2D eigenvalue weighted by Crippen LogP contribution is -2.23. The maximum atomic E-state index is 12.3. The number of para-hydroxylation sites is 2. The van der Waals surface area contributed by atoms with Crippen LogP contribution in [0.5, 0.6) is 11.5 Å². The van der Waals surface area contributed by atoms with E-state index in [0.29, 0.717) is 11.5 Å². The molecule has 0 radical (unpaired) electrons. The lowest BCUT2D eigenvalue weighted by Gasteiger charge is -2.09. The Morgan fingerprint density at radius 3 is 1.52 bits per heavy atom. The van der Waals surface area contributed by atoms with E-state index in [1.165, 1.54) is 6.08 Å². The van der Waals surface area contributed by atoms with Crippen molar-refractivity contribution in [2.75, 3.05) is 0 Å². The third-order valence-electron chi connectivity index (χ3n) is 2.85. The van der Waals surface area contributed by atoms with Crippen LogP contribution in [0.15, 0.2) is 72.3 Å². The standard InChI is InChI=1S/C19H18O4/c1-14(2)13-17(18(20)22-15-9-5-3-6-10-15)19(21)23-16-11-7-4-8-12-16/h3-14H,1-2H3. The molecule has 2 rings (SSSR count). The van der Waals surface area contributed by atoms with Gasteiger partial charge in [0.15, 0.2) is 0 Å². The highest BCUT2D eigenvalue weighted by molar-refractivity contribution is 6.15. The molecule has 118 valence electrons. The highest BCUT2D eigenvalue weighted by atomic mass is 16.6. The summed E-state index contributed by atoms with van der Waals surface area (Å²) in [5.41, 5.74) is -0.118. The normalized spacial score (nSPS) is 10.0. The quantitative estimate of drug-likeness (QED) is 0.277. The minimum absolute atomic E-state index is 0.00310.